The van der Waals surface area contributed by atoms with Gasteiger partial charge < -0.3 is 10.6 Å². The first-order chi connectivity index (χ1) is 11.1. The summed E-state index contributed by atoms with van der Waals surface area (Å²) in [6.45, 7) is 0.540. The highest BCUT2D eigenvalue weighted by atomic mass is 35.5. The van der Waals surface area contributed by atoms with E-state index in [-0.39, 0.29) is 23.3 Å². The van der Waals surface area contributed by atoms with Gasteiger partial charge in [-0.1, -0.05) is 36.6 Å². The van der Waals surface area contributed by atoms with Crippen molar-refractivity contribution in [1.29, 1.82) is 0 Å². The minimum absolute atomic E-state index is 0.0528. The molecular weight excluding hydrogens is 312 g/mol. The molecule has 2 fully saturated rings. The lowest BCUT2D eigenvalue weighted by atomic mass is 9.78. The molecule has 2 N–H and O–H groups in total. The first kappa shape index (κ1) is 16.3. The molecular formula is C18H23ClN2O2. The van der Waals surface area contributed by atoms with Crippen LogP contribution in [-0.2, 0) is 16.0 Å². The molecule has 1 aromatic carbocycles. The van der Waals surface area contributed by atoms with Crippen molar-refractivity contribution >= 4 is 23.4 Å². The summed E-state index contributed by atoms with van der Waals surface area (Å²) in [5, 5.41) is 6.71. The molecule has 23 heavy (non-hydrogen) atoms. The second-order valence-electron chi connectivity index (χ2n) is 6.81. The molecule has 1 saturated heterocycles. The molecule has 2 aliphatic rings. The Hall–Kier alpha value is -1.55. The Kier molecular flexibility index (Phi) is 4.90. The fourth-order valence-corrected chi connectivity index (χ4v) is 3.98. The van der Waals surface area contributed by atoms with Crippen molar-refractivity contribution in [3.05, 3.63) is 34.9 Å². The van der Waals surface area contributed by atoms with Gasteiger partial charge >= 0.3 is 0 Å². The molecule has 1 unspecified atom stereocenters. The van der Waals surface area contributed by atoms with Crippen LogP contribution in [0, 0.1) is 5.41 Å². The summed E-state index contributed by atoms with van der Waals surface area (Å²) in [5.74, 6) is 0.209. The Balaban J connectivity index is 1.69. The molecule has 3 rings (SSSR count). The molecule has 1 aliphatic carbocycles. The Morgan fingerprint density at radius 2 is 2.13 bits per heavy atom. The number of amides is 2. The van der Waals surface area contributed by atoms with E-state index in [9.17, 15) is 9.59 Å². The van der Waals surface area contributed by atoms with E-state index in [0.29, 0.717) is 18.0 Å². The number of nitrogens with one attached hydrogen (secondary N) is 2. The monoisotopic (exact) mass is 334 g/mol. The van der Waals surface area contributed by atoms with E-state index in [2.05, 4.69) is 10.6 Å². The summed E-state index contributed by atoms with van der Waals surface area (Å²) in [6, 6.07) is 7.85. The molecule has 124 valence electrons. The highest BCUT2D eigenvalue weighted by Crippen LogP contribution is 2.41. The number of benzene rings is 1. The molecule has 0 aromatic heterocycles. The van der Waals surface area contributed by atoms with E-state index >= 15 is 0 Å². The fraction of sp³-hybridized carbons (Fsp3) is 0.556. The molecule has 1 atom stereocenters. The zero-order valence-corrected chi connectivity index (χ0v) is 14.0. The van der Waals surface area contributed by atoms with E-state index in [1.54, 1.807) is 0 Å². The second kappa shape index (κ2) is 6.91. The lowest BCUT2D eigenvalue weighted by Crippen LogP contribution is -2.52. The number of rotatable bonds is 4. The van der Waals surface area contributed by atoms with Gasteiger partial charge in [0.25, 0.3) is 0 Å². The Bertz CT molecular complexity index is 586. The average molecular weight is 335 g/mol. The van der Waals surface area contributed by atoms with Crippen molar-refractivity contribution in [3.8, 4) is 0 Å². The van der Waals surface area contributed by atoms with E-state index < -0.39 is 0 Å². The second-order valence-corrected chi connectivity index (χ2v) is 7.24. The van der Waals surface area contributed by atoms with Crippen molar-refractivity contribution in [2.45, 2.75) is 51.0 Å². The largest absolute Gasteiger partial charge is 0.354 e. The van der Waals surface area contributed by atoms with Crippen molar-refractivity contribution < 1.29 is 9.59 Å². The molecule has 4 nitrogen and oxygen atoms in total. The maximum Gasteiger partial charge on any atom is 0.226 e. The van der Waals surface area contributed by atoms with Crippen LogP contribution in [0.5, 0.6) is 0 Å². The van der Waals surface area contributed by atoms with Crippen LogP contribution in [0.1, 0.15) is 44.1 Å². The van der Waals surface area contributed by atoms with E-state index in [1.165, 1.54) is 0 Å². The van der Waals surface area contributed by atoms with Crippen molar-refractivity contribution in [1.82, 2.24) is 10.6 Å². The van der Waals surface area contributed by atoms with Crippen LogP contribution >= 0.6 is 11.6 Å². The molecule has 1 saturated carbocycles. The Labute approximate surface area is 142 Å². The summed E-state index contributed by atoms with van der Waals surface area (Å²) in [6.07, 6.45) is 5.98. The minimum atomic E-state index is -0.327. The molecule has 0 spiro atoms. The molecule has 1 heterocycles. The summed E-state index contributed by atoms with van der Waals surface area (Å²) < 4.78 is 0. The Morgan fingerprint density at radius 1 is 1.35 bits per heavy atom. The minimum Gasteiger partial charge on any atom is -0.354 e. The average Bonchev–Trinajstić information content (AvgIpc) is 2.99. The van der Waals surface area contributed by atoms with Gasteiger partial charge in [-0.25, -0.2) is 0 Å². The third-order valence-electron chi connectivity index (χ3n) is 5.07. The van der Waals surface area contributed by atoms with Gasteiger partial charge in [0.05, 0.1) is 5.41 Å². The predicted molar refractivity (Wildman–Crippen MR) is 90.2 cm³/mol. The molecule has 1 aromatic rings. The van der Waals surface area contributed by atoms with Gasteiger partial charge in [-0.15, -0.1) is 0 Å². The first-order valence-corrected chi connectivity index (χ1v) is 8.77. The third kappa shape index (κ3) is 3.86. The molecule has 5 heteroatoms. The zero-order chi connectivity index (χ0) is 16.3. The normalized spacial score (nSPS) is 23.3. The lowest BCUT2D eigenvalue weighted by molar-refractivity contribution is -0.132. The topological polar surface area (TPSA) is 58.2 Å². The van der Waals surface area contributed by atoms with Crippen molar-refractivity contribution in [2.24, 2.45) is 5.41 Å². The SMILES string of the molecule is O=C1CCC(NC(=O)C2(Cc3cccc(Cl)c3)CCCC2)CN1. The van der Waals surface area contributed by atoms with Gasteiger partial charge in [0, 0.05) is 24.0 Å². The third-order valence-corrected chi connectivity index (χ3v) is 5.31. The number of piperidine rings is 1. The van der Waals surface area contributed by atoms with Gasteiger partial charge in [-0.2, -0.15) is 0 Å². The van der Waals surface area contributed by atoms with Crippen LogP contribution in [0.25, 0.3) is 0 Å². The molecule has 2 amide bonds. The van der Waals surface area contributed by atoms with E-state index in [1.807, 2.05) is 24.3 Å². The van der Waals surface area contributed by atoms with Gasteiger partial charge in [-0.05, 0) is 43.4 Å². The van der Waals surface area contributed by atoms with Gasteiger partial charge in [0.15, 0.2) is 0 Å². The number of carbonyl (C=O) groups excluding carboxylic acids is 2. The van der Waals surface area contributed by atoms with Gasteiger partial charge in [-0.3, -0.25) is 9.59 Å². The van der Waals surface area contributed by atoms with Crippen molar-refractivity contribution in [2.75, 3.05) is 6.54 Å². The maximum atomic E-state index is 12.9. The smallest absolute Gasteiger partial charge is 0.226 e. The van der Waals surface area contributed by atoms with E-state index in [4.69, 9.17) is 11.6 Å². The van der Waals surface area contributed by atoms with Crippen LogP contribution in [-0.4, -0.2) is 24.4 Å². The first-order valence-electron chi connectivity index (χ1n) is 8.40. The zero-order valence-electron chi connectivity index (χ0n) is 13.2. The highest BCUT2D eigenvalue weighted by Gasteiger charge is 2.41. The predicted octanol–water partition coefficient (Wildman–Crippen LogP) is 2.84. The summed E-state index contributed by atoms with van der Waals surface area (Å²) in [7, 11) is 0. The van der Waals surface area contributed by atoms with Gasteiger partial charge in [0.1, 0.15) is 0 Å². The quantitative estimate of drug-likeness (QED) is 0.889. The molecule has 1 aliphatic heterocycles. The maximum absolute atomic E-state index is 12.9. The van der Waals surface area contributed by atoms with Crippen LogP contribution in [0.2, 0.25) is 5.02 Å². The van der Waals surface area contributed by atoms with E-state index in [0.717, 1.165) is 44.1 Å². The summed E-state index contributed by atoms with van der Waals surface area (Å²) in [4.78, 5) is 24.2. The summed E-state index contributed by atoms with van der Waals surface area (Å²) in [5.41, 5.74) is 0.790. The fourth-order valence-electron chi connectivity index (χ4n) is 3.77. The standard InChI is InChI=1S/C18H23ClN2O2/c19-14-5-3-4-13(10-14)11-18(8-1-2-9-18)17(23)21-15-6-7-16(22)20-12-15/h3-5,10,15H,1-2,6-9,11-12H2,(H,20,22)(H,21,23). The van der Waals surface area contributed by atoms with Gasteiger partial charge in [0.2, 0.25) is 11.8 Å². The highest BCUT2D eigenvalue weighted by molar-refractivity contribution is 6.30. The lowest BCUT2D eigenvalue weighted by Gasteiger charge is -2.32. The summed E-state index contributed by atoms with van der Waals surface area (Å²) >= 11 is 6.08. The van der Waals surface area contributed by atoms with Crippen LogP contribution in [0.15, 0.2) is 24.3 Å². The number of carbonyl (C=O) groups is 2. The molecule has 0 bridgehead atoms. The Morgan fingerprint density at radius 3 is 2.78 bits per heavy atom. The van der Waals surface area contributed by atoms with Crippen LogP contribution in [0.3, 0.4) is 0 Å². The number of hydrogen-bond donors (Lipinski definition) is 2. The number of halogens is 1. The molecule has 0 radical (unpaired) electrons. The van der Waals surface area contributed by atoms with Crippen LogP contribution in [0.4, 0.5) is 0 Å². The van der Waals surface area contributed by atoms with Crippen LogP contribution < -0.4 is 10.6 Å². The van der Waals surface area contributed by atoms with Crippen molar-refractivity contribution in [3.63, 3.8) is 0 Å². The number of hydrogen-bond acceptors (Lipinski definition) is 2.